The molecule has 1 aliphatic heterocycles. The van der Waals surface area contributed by atoms with Crippen molar-refractivity contribution in [3.8, 4) is 11.5 Å². The molecule has 0 spiro atoms. The number of fused-ring (bicyclic) bond motifs is 1. The summed E-state index contributed by atoms with van der Waals surface area (Å²) in [4.78, 5) is 35.9. The number of hydrogen-bond acceptors (Lipinski definition) is 7. The van der Waals surface area contributed by atoms with Crippen LogP contribution in [0.3, 0.4) is 0 Å². The molecule has 0 bridgehead atoms. The molecule has 0 radical (unpaired) electrons. The number of nitro benzene ring substituents is 1. The SMILES string of the molecule is O=C1C=C(Nc2cc(Oc3ccc4c(c3)CCC4)cc([N+](=O)[O-])c2)C(=O)N1CCO. The maximum absolute atomic E-state index is 12.3. The lowest BCUT2D eigenvalue weighted by molar-refractivity contribution is -0.384. The standard InChI is InChI=1S/C21H19N3O6/c25-7-6-23-20(26)12-19(21(23)27)22-15-9-16(24(28)29)11-18(10-15)30-17-5-4-13-2-1-3-14(13)8-17/h4-5,8-12,22,25H,1-3,6-7H2. The van der Waals surface area contributed by atoms with Crippen LogP contribution in [0.2, 0.25) is 0 Å². The van der Waals surface area contributed by atoms with Gasteiger partial charge in [0.2, 0.25) is 0 Å². The smallest absolute Gasteiger partial charge is 0.277 e. The molecule has 30 heavy (non-hydrogen) atoms. The number of benzene rings is 2. The Morgan fingerprint density at radius 3 is 2.67 bits per heavy atom. The van der Waals surface area contributed by atoms with Crippen LogP contribution in [0.25, 0.3) is 0 Å². The predicted molar refractivity (Wildman–Crippen MR) is 107 cm³/mol. The van der Waals surface area contributed by atoms with E-state index >= 15 is 0 Å². The minimum absolute atomic E-state index is 0.0302. The van der Waals surface area contributed by atoms with Gasteiger partial charge < -0.3 is 15.2 Å². The Hall–Kier alpha value is -3.72. The molecular formula is C21H19N3O6. The largest absolute Gasteiger partial charge is 0.457 e. The minimum atomic E-state index is -0.610. The maximum atomic E-state index is 12.3. The lowest BCUT2D eigenvalue weighted by Gasteiger charge is -2.14. The van der Waals surface area contributed by atoms with Crippen LogP contribution in [-0.4, -0.2) is 39.9 Å². The van der Waals surface area contributed by atoms with Crippen LogP contribution < -0.4 is 10.1 Å². The third kappa shape index (κ3) is 3.87. The van der Waals surface area contributed by atoms with Crippen molar-refractivity contribution in [3.05, 3.63) is 69.4 Å². The number of rotatable bonds is 7. The highest BCUT2D eigenvalue weighted by Crippen LogP contribution is 2.33. The highest BCUT2D eigenvalue weighted by Gasteiger charge is 2.31. The summed E-state index contributed by atoms with van der Waals surface area (Å²) in [5.41, 5.74) is 2.48. The number of β-amino-alcohol motifs (C(OH)–C–C–N with tert-alkyl or cyclic N) is 1. The quantitative estimate of drug-likeness (QED) is 0.409. The van der Waals surface area contributed by atoms with Crippen molar-refractivity contribution in [2.75, 3.05) is 18.5 Å². The van der Waals surface area contributed by atoms with Gasteiger partial charge >= 0.3 is 0 Å². The highest BCUT2D eigenvalue weighted by atomic mass is 16.6. The van der Waals surface area contributed by atoms with Gasteiger partial charge in [-0.25, -0.2) is 0 Å². The number of aryl methyl sites for hydroxylation is 2. The monoisotopic (exact) mass is 409 g/mol. The van der Waals surface area contributed by atoms with E-state index in [1.165, 1.54) is 29.3 Å². The molecule has 0 aromatic heterocycles. The molecule has 1 heterocycles. The third-order valence-electron chi connectivity index (χ3n) is 5.02. The zero-order chi connectivity index (χ0) is 21.3. The van der Waals surface area contributed by atoms with E-state index in [0.29, 0.717) is 5.75 Å². The summed E-state index contributed by atoms with van der Waals surface area (Å²) in [6, 6.07) is 9.83. The van der Waals surface area contributed by atoms with Gasteiger partial charge in [-0.3, -0.25) is 24.6 Å². The van der Waals surface area contributed by atoms with E-state index in [2.05, 4.69) is 5.32 Å². The number of anilines is 1. The molecule has 4 rings (SSSR count). The highest BCUT2D eigenvalue weighted by molar-refractivity contribution is 6.17. The van der Waals surface area contributed by atoms with Crippen molar-refractivity contribution in [2.45, 2.75) is 19.3 Å². The van der Waals surface area contributed by atoms with Crippen LogP contribution in [0.1, 0.15) is 17.5 Å². The molecule has 2 N–H and O–H groups in total. The molecule has 1 aliphatic carbocycles. The van der Waals surface area contributed by atoms with Gasteiger partial charge in [-0.05, 0) is 42.5 Å². The van der Waals surface area contributed by atoms with E-state index in [-0.39, 0.29) is 36.0 Å². The van der Waals surface area contributed by atoms with Crippen molar-refractivity contribution in [3.63, 3.8) is 0 Å². The molecule has 154 valence electrons. The van der Waals surface area contributed by atoms with Gasteiger partial charge in [0.25, 0.3) is 17.5 Å². The lowest BCUT2D eigenvalue weighted by Crippen LogP contribution is -2.34. The average molecular weight is 409 g/mol. The third-order valence-corrected chi connectivity index (χ3v) is 5.02. The normalized spacial score (nSPS) is 15.2. The number of aliphatic hydroxyl groups excluding tert-OH is 1. The molecule has 0 fully saturated rings. The van der Waals surface area contributed by atoms with Crippen molar-refractivity contribution < 1.29 is 24.4 Å². The number of nitrogens with one attached hydrogen (secondary N) is 1. The summed E-state index contributed by atoms with van der Waals surface area (Å²) in [5, 5.41) is 23.1. The maximum Gasteiger partial charge on any atom is 0.277 e. The van der Waals surface area contributed by atoms with Crippen LogP contribution in [-0.2, 0) is 22.4 Å². The first kappa shape index (κ1) is 19.6. The molecule has 0 unspecified atom stereocenters. The Kier molecular flexibility index (Phi) is 5.20. The second-order valence-electron chi connectivity index (χ2n) is 7.06. The van der Waals surface area contributed by atoms with E-state index in [4.69, 9.17) is 9.84 Å². The molecule has 0 saturated heterocycles. The zero-order valence-corrected chi connectivity index (χ0v) is 16.0. The predicted octanol–water partition coefficient (Wildman–Crippen LogP) is 2.53. The number of carbonyl (C=O) groups excluding carboxylic acids is 2. The van der Waals surface area contributed by atoms with Gasteiger partial charge in [-0.15, -0.1) is 0 Å². The second-order valence-corrected chi connectivity index (χ2v) is 7.06. The van der Waals surface area contributed by atoms with Gasteiger partial charge in [-0.1, -0.05) is 6.07 Å². The first-order valence-electron chi connectivity index (χ1n) is 9.49. The molecule has 9 heteroatoms. The topological polar surface area (TPSA) is 122 Å². The van der Waals surface area contributed by atoms with Gasteiger partial charge in [0, 0.05) is 23.9 Å². The van der Waals surface area contributed by atoms with E-state index in [1.54, 1.807) is 0 Å². The van der Waals surface area contributed by atoms with Gasteiger partial charge in [-0.2, -0.15) is 0 Å². The number of carbonyl (C=O) groups is 2. The molecule has 2 amide bonds. The minimum Gasteiger partial charge on any atom is -0.457 e. The number of nitro groups is 1. The number of non-ortho nitro benzene ring substituents is 1. The van der Waals surface area contributed by atoms with Crippen molar-refractivity contribution in [2.24, 2.45) is 0 Å². The van der Waals surface area contributed by atoms with Gasteiger partial charge in [0.05, 0.1) is 24.1 Å². The fourth-order valence-corrected chi connectivity index (χ4v) is 3.63. The zero-order valence-electron chi connectivity index (χ0n) is 16.0. The van der Waals surface area contributed by atoms with Crippen LogP contribution in [0, 0.1) is 10.1 Å². The summed E-state index contributed by atoms with van der Waals surface area (Å²) in [7, 11) is 0. The fourth-order valence-electron chi connectivity index (χ4n) is 3.63. The van der Waals surface area contributed by atoms with E-state index in [1.807, 2.05) is 18.2 Å². The number of nitrogens with zero attached hydrogens (tertiary/aromatic N) is 2. The molecule has 2 aromatic carbocycles. The Labute approximate surface area is 171 Å². The molecule has 9 nitrogen and oxygen atoms in total. The van der Waals surface area contributed by atoms with Crippen LogP contribution >= 0.6 is 0 Å². The van der Waals surface area contributed by atoms with Crippen molar-refractivity contribution in [1.29, 1.82) is 0 Å². The number of hydrogen-bond donors (Lipinski definition) is 2. The fraction of sp³-hybridized carbons (Fsp3) is 0.238. The molecule has 2 aromatic rings. The summed E-state index contributed by atoms with van der Waals surface area (Å²) in [6.45, 7) is -0.477. The van der Waals surface area contributed by atoms with Crippen LogP contribution in [0.4, 0.5) is 11.4 Å². The Bertz CT molecular complexity index is 1080. The van der Waals surface area contributed by atoms with Crippen molar-refractivity contribution >= 4 is 23.2 Å². The first-order valence-corrected chi connectivity index (χ1v) is 9.49. The summed E-state index contributed by atoms with van der Waals surface area (Å²) in [6.07, 6.45) is 4.20. The molecule has 2 aliphatic rings. The number of amides is 2. The van der Waals surface area contributed by atoms with Crippen LogP contribution in [0.5, 0.6) is 11.5 Å². The molecular weight excluding hydrogens is 390 g/mol. The van der Waals surface area contributed by atoms with E-state index in [0.717, 1.165) is 30.2 Å². The Morgan fingerprint density at radius 1 is 1.10 bits per heavy atom. The molecule has 0 saturated carbocycles. The Morgan fingerprint density at radius 2 is 1.90 bits per heavy atom. The molecule has 0 atom stereocenters. The first-order chi connectivity index (χ1) is 14.4. The summed E-state index contributed by atoms with van der Waals surface area (Å²) >= 11 is 0. The summed E-state index contributed by atoms with van der Waals surface area (Å²) in [5.74, 6) is -0.366. The van der Waals surface area contributed by atoms with Gasteiger partial charge in [0.1, 0.15) is 17.2 Å². The lowest BCUT2D eigenvalue weighted by atomic mass is 10.1. The summed E-state index contributed by atoms with van der Waals surface area (Å²) < 4.78 is 5.85. The van der Waals surface area contributed by atoms with E-state index in [9.17, 15) is 19.7 Å². The second kappa shape index (κ2) is 7.96. The number of imide groups is 1. The number of aliphatic hydroxyl groups is 1. The van der Waals surface area contributed by atoms with Gasteiger partial charge in [0.15, 0.2) is 0 Å². The Balaban J connectivity index is 1.59. The number of ether oxygens (including phenoxy) is 1. The average Bonchev–Trinajstić information content (AvgIpc) is 3.27. The van der Waals surface area contributed by atoms with E-state index < -0.39 is 16.7 Å². The van der Waals surface area contributed by atoms with Crippen LogP contribution in [0.15, 0.2) is 48.2 Å². The van der Waals surface area contributed by atoms with Crippen molar-refractivity contribution in [1.82, 2.24) is 4.90 Å².